The van der Waals surface area contributed by atoms with Crippen molar-refractivity contribution in [2.75, 3.05) is 13.1 Å². The lowest BCUT2D eigenvalue weighted by molar-refractivity contribution is 0.0357. The molecule has 0 spiro atoms. The molecule has 134 valence electrons. The van der Waals surface area contributed by atoms with Crippen LogP contribution in [0.15, 0.2) is 34.8 Å². The summed E-state index contributed by atoms with van der Waals surface area (Å²) in [5.41, 5.74) is 1.62. The molecule has 1 fully saturated rings. The Kier molecular flexibility index (Phi) is 5.29. The van der Waals surface area contributed by atoms with Crippen LogP contribution in [0.1, 0.15) is 43.6 Å². The van der Waals surface area contributed by atoms with E-state index in [1.54, 1.807) is 0 Å². The van der Waals surface area contributed by atoms with Crippen LogP contribution in [0.5, 0.6) is 0 Å². The minimum Gasteiger partial charge on any atom is -0.390 e. The number of carbonyl (C=O) groups is 1. The van der Waals surface area contributed by atoms with E-state index in [9.17, 15) is 9.90 Å². The highest BCUT2D eigenvalue weighted by atomic mass is 79.9. The number of carbonyl (C=O) groups excluding carboxylic acids is 1. The number of aliphatic hydroxyl groups is 1. The molecular weight excluding hydrogens is 382 g/mol. The van der Waals surface area contributed by atoms with Gasteiger partial charge in [0.1, 0.15) is 5.69 Å². The lowest BCUT2D eigenvalue weighted by Gasteiger charge is -2.34. The highest BCUT2D eigenvalue weighted by Gasteiger charge is 2.28. The Bertz CT molecular complexity index is 743. The second-order valence-corrected chi connectivity index (χ2v) is 8.35. The molecule has 2 aromatic rings. The fourth-order valence-corrected chi connectivity index (χ4v) is 3.84. The van der Waals surface area contributed by atoms with Crippen LogP contribution in [0.3, 0.4) is 0 Å². The van der Waals surface area contributed by atoms with Gasteiger partial charge in [-0.1, -0.05) is 28.1 Å². The Hall–Kier alpha value is -1.66. The molecule has 2 N–H and O–H groups in total. The summed E-state index contributed by atoms with van der Waals surface area (Å²) in [5, 5.41) is 17.1. The maximum Gasteiger partial charge on any atom is 0.271 e. The standard InChI is InChI=1S/C19H24BrN3O2/c1-19(2,25)12-13-6-8-23(9-7-13)18(24)17-11-16(21-22-17)14-4-3-5-15(20)10-14/h3-5,10-11,13,25H,6-9,12H2,1-2H3,(H,21,22). The van der Waals surface area contributed by atoms with Gasteiger partial charge in [-0.15, -0.1) is 0 Å². The third kappa shape index (κ3) is 4.70. The van der Waals surface area contributed by atoms with E-state index in [-0.39, 0.29) is 5.91 Å². The van der Waals surface area contributed by atoms with Gasteiger partial charge in [0.05, 0.1) is 11.3 Å². The lowest BCUT2D eigenvalue weighted by Crippen LogP contribution is -2.40. The van der Waals surface area contributed by atoms with Crippen LogP contribution in [-0.4, -0.2) is 44.8 Å². The van der Waals surface area contributed by atoms with Gasteiger partial charge >= 0.3 is 0 Å². The molecule has 1 aromatic heterocycles. The van der Waals surface area contributed by atoms with Crippen LogP contribution in [-0.2, 0) is 0 Å². The number of hydrogen-bond acceptors (Lipinski definition) is 3. The van der Waals surface area contributed by atoms with Crippen LogP contribution in [0.25, 0.3) is 11.3 Å². The number of hydrogen-bond donors (Lipinski definition) is 2. The Morgan fingerprint density at radius 2 is 2.08 bits per heavy atom. The van der Waals surface area contributed by atoms with Crippen LogP contribution in [0, 0.1) is 5.92 Å². The molecule has 2 heterocycles. The number of H-pyrrole nitrogens is 1. The van der Waals surface area contributed by atoms with Crippen LogP contribution in [0.4, 0.5) is 0 Å². The number of aromatic amines is 1. The topological polar surface area (TPSA) is 69.2 Å². The lowest BCUT2D eigenvalue weighted by atomic mass is 9.86. The van der Waals surface area contributed by atoms with E-state index in [2.05, 4.69) is 26.1 Å². The number of nitrogens with zero attached hydrogens (tertiary/aromatic N) is 2. The van der Waals surface area contributed by atoms with Gasteiger partial charge in [0, 0.05) is 23.1 Å². The van der Waals surface area contributed by atoms with Crippen LogP contribution >= 0.6 is 15.9 Å². The maximum atomic E-state index is 12.7. The van der Waals surface area contributed by atoms with Crippen molar-refractivity contribution < 1.29 is 9.90 Å². The zero-order chi connectivity index (χ0) is 18.0. The molecule has 0 atom stereocenters. The van der Waals surface area contributed by atoms with Gasteiger partial charge in [-0.3, -0.25) is 9.89 Å². The van der Waals surface area contributed by atoms with E-state index in [0.717, 1.165) is 48.1 Å². The molecular formula is C19H24BrN3O2. The first-order valence-electron chi connectivity index (χ1n) is 8.65. The van der Waals surface area contributed by atoms with E-state index >= 15 is 0 Å². The summed E-state index contributed by atoms with van der Waals surface area (Å²) in [6, 6.07) is 9.67. The van der Waals surface area contributed by atoms with Crippen molar-refractivity contribution in [2.24, 2.45) is 5.92 Å². The normalized spacial score (nSPS) is 16.2. The predicted octanol–water partition coefficient (Wildman–Crippen LogP) is 3.85. The Morgan fingerprint density at radius 1 is 1.36 bits per heavy atom. The van der Waals surface area contributed by atoms with Crippen LogP contribution in [0.2, 0.25) is 0 Å². The average molecular weight is 406 g/mol. The molecule has 5 nitrogen and oxygen atoms in total. The van der Waals surface area contributed by atoms with Crippen LogP contribution < -0.4 is 0 Å². The predicted molar refractivity (Wildman–Crippen MR) is 101 cm³/mol. The Balaban J connectivity index is 1.63. The molecule has 0 radical (unpaired) electrons. The van der Waals surface area contributed by atoms with E-state index in [1.165, 1.54) is 0 Å². The molecule has 1 amide bonds. The summed E-state index contributed by atoms with van der Waals surface area (Å²) in [7, 11) is 0. The second-order valence-electron chi connectivity index (χ2n) is 7.43. The van der Waals surface area contributed by atoms with Crippen molar-refractivity contribution in [3.63, 3.8) is 0 Å². The summed E-state index contributed by atoms with van der Waals surface area (Å²) in [5.74, 6) is 0.471. The van der Waals surface area contributed by atoms with Gasteiger partial charge in [0.25, 0.3) is 5.91 Å². The number of halogens is 1. The van der Waals surface area contributed by atoms with E-state index < -0.39 is 5.60 Å². The number of nitrogens with one attached hydrogen (secondary N) is 1. The summed E-state index contributed by atoms with van der Waals surface area (Å²) in [6.45, 7) is 5.15. The Morgan fingerprint density at radius 3 is 2.72 bits per heavy atom. The third-order valence-corrected chi connectivity index (χ3v) is 5.11. The molecule has 6 heteroatoms. The van der Waals surface area contributed by atoms with Gasteiger partial charge in [-0.05, 0) is 57.2 Å². The number of benzene rings is 1. The van der Waals surface area contributed by atoms with Crippen molar-refractivity contribution in [3.8, 4) is 11.3 Å². The highest BCUT2D eigenvalue weighted by Crippen LogP contribution is 2.27. The van der Waals surface area contributed by atoms with Gasteiger partial charge < -0.3 is 10.0 Å². The molecule has 1 saturated heterocycles. The van der Waals surface area contributed by atoms with Crippen molar-refractivity contribution >= 4 is 21.8 Å². The maximum absolute atomic E-state index is 12.7. The third-order valence-electron chi connectivity index (χ3n) is 4.62. The average Bonchev–Trinajstić information content (AvgIpc) is 3.03. The first-order valence-corrected chi connectivity index (χ1v) is 9.44. The Labute approximate surface area is 156 Å². The van der Waals surface area contributed by atoms with Crippen molar-refractivity contribution in [3.05, 3.63) is 40.5 Å². The molecule has 0 unspecified atom stereocenters. The van der Waals surface area contributed by atoms with E-state index in [4.69, 9.17) is 0 Å². The van der Waals surface area contributed by atoms with Crippen molar-refractivity contribution in [1.29, 1.82) is 0 Å². The summed E-state index contributed by atoms with van der Waals surface area (Å²) in [6.07, 6.45) is 2.65. The molecule has 3 rings (SSSR count). The fraction of sp³-hybridized carbons (Fsp3) is 0.474. The molecule has 0 saturated carbocycles. The smallest absolute Gasteiger partial charge is 0.271 e. The molecule has 1 aliphatic rings. The zero-order valence-electron chi connectivity index (χ0n) is 14.6. The van der Waals surface area contributed by atoms with E-state index in [1.807, 2.05) is 49.1 Å². The monoisotopic (exact) mass is 405 g/mol. The van der Waals surface area contributed by atoms with Gasteiger partial charge in [-0.2, -0.15) is 5.10 Å². The zero-order valence-corrected chi connectivity index (χ0v) is 16.2. The minimum atomic E-state index is -0.640. The van der Waals surface area contributed by atoms with E-state index in [0.29, 0.717) is 11.6 Å². The summed E-state index contributed by atoms with van der Waals surface area (Å²) >= 11 is 3.45. The SMILES string of the molecule is CC(C)(O)CC1CCN(C(=O)c2cc(-c3cccc(Br)c3)n[nH]2)CC1. The van der Waals surface area contributed by atoms with Crippen molar-refractivity contribution in [2.45, 2.75) is 38.7 Å². The van der Waals surface area contributed by atoms with Gasteiger partial charge in [0.2, 0.25) is 0 Å². The number of likely N-dealkylation sites (tertiary alicyclic amines) is 1. The number of amides is 1. The molecule has 0 bridgehead atoms. The molecule has 0 aliphatic carbocycles. The van der Waals surface area contributed by atoms with Gasteiger partial charge in [0.15, 0.2) is 0 Å². The number of piperidine rings is 1. The van der Waals surface area contributed by atoms with Gasteiger partial charge in [-0.25, -0.2) is 0 Å². The molecule has 1 aliphatic heterocycles. The number of aromatic nitrogens is 2. The molecule has 1 aromatic carbocycles. The highest BCUT2D eigenvalue weighted by molar-refractivity contribution is 9.10. The summed E-state index contributed by atoms with van der Waals surface area (Å²) in [4.78, 5) is 14.6. The fourth-order valence-electron chi connectivity index (χ4n) is 3.44. The second kappa shape index (κ2) is 7.30. The minimum absolute atomic E-state index is 0.00421. The first-order chi connectivity index (χ1) is 11.8. The van der Waals surface area contributed by atoms with Crippen molar-refractivity contribution in [1.82, 2.24) is 15.1 Å². The quantitative estimate of drug-likeness (QED) is 0.811. The number of rotatable bonds is 4. The largest absolute Gasteiger partial charge is 0.390 e. The first kappa shape index (κ1) is 18.1. The summed E-state index contributed by atoms with van der Waals surface area (Å²) < 4.78 is 0.981. The molecule has 25 heavy (non-hydrogen) atoms.